The molecule has 0 aromatic heterocycles. The van der Waals surface area contributed by atoms with Crippen molar-refractivity contribution in [3.8, 4) is 0 Å². The molecule has 8 heteroatoms. The molecule has 0 bridgehead atoms. The third-order valence-corrected chi connectivity index (χ3v) is 6.83. The predicted molar refractivity (Wildman–Crippen MR) is 124 cm³/mol. The average molecular weight is 455 g/mol. The Kier molecular flexibility index (Phi) is 14.1. The van der Waals surface area contributed by atoms with Gasteiger partial charge in [-0.05, 0) is 49.7 Å². The molecular formula is C23H39N2O5P. The van der Waals surface area contributed by atoms with Gasteiger partial charge in [-0.1, -0.05) is 56.4 Å². The molecule has 0 aliphatic heterocycles. The maximum Gasteiger partial charge on any atom is 0.327 e. The molecule has 0 heterocycles. The van der Waals surface area contributed by atoms with Gasteiger partial charge in [0, 0.05) is 26.9 Å². The number of amides is 2. The Labute approximate surface area is 186 Å². The molecule has 0 aliphatic carbocycles. The van der Waals surface area contributed by atoms with E-state index in [4.69, 9.17) is 0 Å². The van der Waals surface area contributed by atoms with Gasteiger partial charge >= 0.3 is 19.4 Å². The van der Waals surface area contributed by atoms with E-state index in [1.807, 2.05) is 0 Å². The zero-order valence-electron chi connectivity index (χ0n) is 19.0. The first-order chi connectivity index (χ1) is 14.9. The van der Waals surface area contributed by atoms with Crippen LogP contribution < -0.4 is 10.6 Å². The summed E-state index contributed by atoms with van der Waals surface area (Å²) >= 11 is 0. The van der Waals surface area contributed by atoms with Crippen molar-refractivity contribution in [2.24, 2.45) is 0 Å². The predicted octanol–water partition coefficient (Wildman–Crippen LogP) is 3.98. The lowest BCUT2D eigenvalue weighted by Crippen LogP contribution is -2.38. The maximum absolute atomic E-state index is 11.4. The topological polar surface area (TPSA) is 105 Å². The van der Waals surface area contributed by atoms with Crippen molar-refractivity contribution in [2.75, 3.05) is 26.9 Å². The normalized spacial score (nSPS) is 12.9. The Hall–Kier alpha value is -1.69. The molecular weight excluding hydrogens is 415 g/mol. The first-order valence-electron chi connectivity index (χ1n) is 11.3. The second-order valence-electron chi connectivity index (χ2n) is 7.83. The molecule has 1 aromatic carbocycles. The molecule has 1 aromatic rings. The van der Waals surface area contributed by atoms with Crippen LogP contribution >= 0.6 is 7.60 Å². The SMILES string of the molecule is CNC(=O)C(=O)NCCCCc1ccccc1CCCCCCCCCP(=O)(O)OC. The number of aryl methyl sites for hydroxylation is 2. The van der Waals surface area contributed by atoms with Crippen LogP contribution in [-0.2, 0) is 31.5 Å². The van der Waals surface area contributed by atoms with Crippen molar-refractivity contribution in [3.05, 3.63) is 35.4 Å². The van der Waals surface area contributed by atoms with Gasteiger partial charge in [0.1, 0.15) is 0 Å². The minimum atomic E-state index is -3.34. The van der Waals surface area contributed by atoms with Gasteiger partial charge in [0.25, 0.3) is 0 Å². The molecule has 31 heavy (non-hydrogen) atoms. The Bertz CT molecular complexity index is 711. The van der Waals surface area contributed by atoms with Crippen molar-refractivity contribution in [3.63, 3.8) is 0 Å². The summed E-state index contributed by atoms with van der Waals surface area (Å²) in [6.07, 6.45) is 11.6. The minimum absolute atomic E-state index is 0.251. The maximum atomic E-state index is 11.4. The van der Waals surface area contributed by atoms with Crippen LogP contribution in [0, 0.1) is 0 Å². The number of benzene rings is 1. The van der Waals surface area contributed by atoms with E-state index in [0.717, 1.165) is 57.8 Å². The van der Waals surface area contributed by atoms with Crippen molar-refractivity contribution in [1.82, 2.24) is 10.6 Å². The van der Waals surface area contributed by atoms with E-state index in [2.05, 4.69) is 39.4 Å². The first-order valence-corrected chi connectivity index (χ1v) is 13.1. The summed E-state index contributed by atoms with van der Waals surface area (Å²) in [6.45, 7) is 0.510. The van der Waals surface area contributed by atoms with E-state index >= 15 is 0 Å². The number of carbonyl (C=O) groups is 2. The second kappa shape index (κ2) is 16.0. The average Bonchev–Trinajstić information content (AvgIpc) is 2.77. The zero-order valence-corrected chi connectivity index (χ0v) is 19.9. The fourth-order valence-corrected chi connectivity index (χ4v) is 4.29. The van der Waals surface area contributed by atoms with Crippen LogP contribution in [0.4, 0.5) is 0 Å². The van der Waals surface area contributed by atoms with Crippen LogP contribution in [0.1, 0.15) is 68.9 Å². The summed E-state index contributed by atoms with van der Waals surface area (Å²) in [4.78, 5) is 31.9. The standard InChI is InChI=1S/C23H39N2O5P/c1-24-22(26)23(27)25-18-12-11-17-21-16-10-9-15-20(21)14-8-6-4-3-5-7-13-19-31(28,29)30-2/h9-10,15-16H,3-8,11-14,17-19H2,1-2H3,(H,24,26)(H,25,27)(H,28,29). The van der Waals surface area contributed by atoms with Crippen LogP contribution in [0.3, 0.4) is 0 Å². The van der Waals surface area contributed by atoms with Gasteiger partial charge in [-0.2, -0.15) is 0 Å². The van der Waals surface area contributed by atoms with Gasteiger partial charge in [-0.3, -0.25) is 14.2 Å². The van der Waals surface area contributed by atoms with E-state index in [0.29, 0.717) is 6.54 Å². The molecule has 0 saturated heterocycles. The molecule has 0 fully saturated rings. The molecule has 1 atom stereocenters. The van der Waals surface area contributed by atoms with Crippen LogP contribution in [0.2, 0.25) is 0 Å². The highest BCUT2D eigenvalue weighted by Crippen LogP contribution is 2.41. The highest BCUT2D eigenvalue weighted by atomic mass is 31.2. The van der Waals surface area contributed by atoms with E-state index in [1.54, 1.807) is 0 Å². The number of rotatable bonds is 16. The number of carbonyl (C=O) groups excluding carboxylic acids is 2. The summed E-state index contributed by atoms with van der Waals surface area (Å²) in [5, 5.41) is 4.94. The Morgan fingerprint density at radius 2 is 1.39 bits per heavy atom. The monoisotopic (exact) mass is 454 g/mol. The summed E-state index contributed by atoms with van der Waals surface area (Å²) in [7, 11) is -0.605. The highest BCUT2D eigenvalue weighted by molar-refractivity contribution is 7.52. The number of unbranched alkanes of at least 4 members (excludes halogenated alkanes) is 7. The third kappa shape index (κ3) is 12.7. The quantitative estimate of drug-likeness (QED) is 0.199. The van der Waals surface area contributed by atoms with Crippen LogP contribution in [-0.4, -0.2) is 43.6 Å². The molecule has 1 rings (SSSR count). The summed E-state index contributed by atoms with van der Waals surface area (Å²) < 4.78 is 16.0. The summed E-state index contributed by atoms with van der Waals surface area (Å²) in [6, 6.07) is 8.54. The number of hydrogen-bond donors (Lipinski definition) is 3. The fraction of sp³-hybridized carbons (Fsp3) is 0.652. The Morgan fingerprint density at radius 3 is 1.94 bits per heavy atom. The molecule has 2 amide bonds. The number of hydrogen-bond acceptors (Lipinski definition) is 4. The van der Waals surface area contributed by atoms with E-state index < -0.39 is 19.4 Å². The summed E-state index contributed by atoms with van der Waals surface area (Å²) in [5.74, 6) is -1.18. The van der Waals surface area contributed by atoms with Crippen LogP contribution in [0.25, 0.3) is 0 Å². The van der Waals surface area contributed by atoms with Gasteiger partial charge < -0.3 is 20.1 Å². The van der Waals surface area contributed by atoms with Crippen molar-refractivity contribution in [1.29, 1.82) is 0 Å². The van der Waals surface area contributed by atoms with Gasteiger partial charge in [0.05, 0.1) is 0 Å². The molecule has 7 nitrogen and oxygen atoms in total. The van der Waals surface area contributed by atoms with Crippen LogP contribution in [0.5, 0.6) is 0 Å². The zero-order chi connectivity index (χ0) is 23.0. The van der Waals surface area contributed by atoms with Gasteiger partial charge in [0.15, 0.2) is 0 Å². The van der Waals surface area contributed by atoms with Crippen molar-refractivity contribution < 1.29 is 23.6 Å². The molecule has 176 valence electrons. The number of nitrogens with one attached hydrogen (secondary N) is 2. The van der Waals surface area contributed by atoms with E-state index in [1.165, 1.54) is 38.1 Å². The smallest absolute Gasteiger partial charge is 0.327 e. The lowest BCUT2D eigenvalue weighted by molar-refractivity contribution is -0.138. The van der Waals surface area contributed by atoms with E-state index in [9.17, 15) is 19.0 Å². The van der Waals surface area contributed by atoms with Crippen molar-refractivity contribution in [2.45, 2.75) is 70.6 Å². The molecule has 0 spiro atoms. The molecule has 0 radical (unpaired) electrons. The van der Waals surface area contributed by atoms with Gasteiger partial charge in [0.2, 0.25) is 0 Å². The minimum Gasteiger partial charge on any atom is -0.351 e. The second-order valence-corrected chi connectivity index (χ2v) is 9.92. The third-order valence-electron chi connectivity index (χ3n) is 5.38. The molecule has 3 N–H and O–H groups in total. The number of likely N-dealkylation sites (N-methyl/N-ethyl adjacent to an activating group) is 1. The van der Waals surface area contributed by atoms with Gasteiger partial charge in [-0.25, -0.2) is 0 Å². The van der Waals surface area contributed by atoms with Crippen molar-refractivity contribution >= 4 is 19.4 Å². The fourth-order valence-electron chi connectivity index (χ4n) is 3.48. The lowest BCUT2D eigenvalue weighted by Gasteiger charge is -2.10. The Balaban J connectivity index is 2.15. The summed E-state index contributed by atoms with van der Waals surface area (Å²) in [5.41, 5.74) is 2.77. The lowest BCUT2D eigenvalue weighted by atomic mass is 9.97. The van der Waals surface area contributed by atoms with Gasteiger partial charge in [-0.15, -0.1) is 0 Å². The van der Waals surface area contributed by atoms with E-state index in [-0.39, 0.29) is 6.16 Å². The first kappa shape index (κ1) is 27.3. The molecule has 1 unspecified atom stereocenters. The Morgan fingerprint density at radius 1 is 0.871 bits per heavy atom. The highest BCUT2D eigenvalue weighted by Gasteiger charge is 2.15. The molecule has 0 aliphatic rings. The molecule has 0 saturated carbocycles. The van der Waals surface area contributed by atoms with Crippen LogP contribution in [0.15, 0.2) is 24.3 Å². The largest absolute Gasteiger partial charge is 0.351 e.